The van der Waals surface area contributed by atoms with Gasteiger partial charge in [-0.05, 0) is 0 Å². The van der Waals surface area contributed by atoms with E-state index >= 15 is 0 Å². The Hall–Kier alpha value is -2.10. The van der Waals surface area contributed by atoms with E-state index < -0.39 is 0 Å². The number of rotatable bonds is 4. The number of aromatic nitrogens is 2. The number of imidazole rings is 1. The predicted molar refractivity (Wildman–Crippen MR) is 66.3 cm³/mol. The van der Waals surface area contributed by atoms with Gasteiger partial charge in [0.15, 0.2) is 0 Å². The summed E-state index contributed by atoms with van der Waals surface area (Å²) in [6.07, 6.45) is 3.69. The monoisotopic (exact) mass is 229 g/mol. The summed E-state index contributed by atoms with van der Waals surface area (Å²) in [4.78, 5) is 15.1. The standard InChI is InChI=1S/C13H15N3O/c1-11(17)14-7-9-16-10-8-15-13(16)12-5-3-2-4-6-12/h2-6,8,10H,7,9H2,1H3,(H,14,17). The zero-order chi connectivity index (χ0) is 12.1. The van der Waals surface area contributed by atoms with Gasteiger partial charge in [-0.1, -0.05) is 30.3 Å². The van der Waals surface area contributed by atoms with Crippen LogP contribution in [0.25, 0.3) is 11.4 Å². The Morgan fingerprint density at radius 1 is 1.35 bits per heavy atom. The third-order valence-electron chi connectivity index (χ3n) is 2.47. The van der Waals surface area contributed by atoms with Gasteiger partial charge in [0.05, 0.1) is 0 Å². The lowest BCUT2D eigenvalue weighted by Crippen LogP contribution is -2.24. The molecule has 1 heterocycles. The maximum atomic E-state index is 10.8. The first kappa shape index (κ1) is 11.4. The van der Waals surface area contributed by atoms with Gasteiger partial charge in [-0.15, -0.1) is 0 Å². The fourth-order valence-electron chi connectivity index (χ4n) is 1.69. The van der Waals surface area contributed by atoms with Crippen molar-refractivity contribution in [2.75, 3.05) is 6.54 Å². The zero-order valence-corrected chi connectivity index (χ0v) is 9.76. The summed E-state index contributed by atoms with van der Waals surface area (Å²) in [5, 5.41) is 2.77. The van der Waals surface area contributed by atoms with E-state index in [1.165, 1.54) is 6.92 Å². The molecule has 0 spiro atoms. The van der Waals surface area contributed by atoms with Crippen LogP contribution in [0.5, 0.6) is 0 Å². The Balaban J connectivity index is 2.10. The molecule has 17 heavy (non-hydrogen) atoms. The third kappa shape index (κ3) is 2.93. The molecule has 4 heteroatoms. The summed E-state index contributed by atoms with van der Waals surface area (Å²) in [6.45, 7) is 2.86. The van der Waals surface area contributed by atoms with Crippen LogP contribution < -0.4 is 5.32 Å². The van der Waals surface area contributed by atoms with Crippen LogP contribution in [-0.2, 0) is 11.3 Å². The zero-order valence-electron chi connectivity index (χ0n) is 9.76. The van der Waals surface area contributed by atoms with E-state index in [1.54, 1.807) is 6.20 Å². The van der Waals surface area contributed by atoms with Gasteiger partial charge in [0.1, 0.15) is 5.82 Å². The van der Waals surface area contributed by atoms with Crippen molar-refractivity contribution in [1.29, 1.82) is 0 Å². The molecule has 0 aliphatic carbocycles. The molecule has 1 amide bonds. The second-order valence-electron chi connectivity index (χ2n) is 3.79. The van der Waals surface area contributed by atoms with Crippen LogP contribution in [0.2, 0.25) is 0 Å². The SMILES string of the molecule is CC(=O)NCCn1ccnc1-c1ccccc1. The van der Waals surface area contributed by atoms with Crippen molar-refractivity contribution >= 4 is 5.91 Å². The first-order chi connectivity index (χ1) is 8.27. The van der Waals surface area contributed by atoms with Crippen molar-refractivity contribution in [1.82, 2.24) is 14.9 Å². The van der Waals surface area contributed by atoms with Crippen molar-refractivity contribution < 1.29 is 4.79 Å². The molecule has 1 aromatic carbocycles. The van der Waals surface area contributed by atoms with Crippen LogP contribution in [0, 0.1) is 0 Å². The number of carbonyl (C=O) groups excluding carboxylic acids is 1. The summed E-state index contributed by atoms with van der Waals surface area (Å²) >= 11 is 0. The molecule has 2 aromatic rings. The smallest absolute Gasteiger partial charge is 0.216 e. The topological polar surface area (TPSA) is 46.9 Å². The first-order valence-corrected chi connectivity index (χ1v) is 5.58. The third-order valence-corrected chi connectivity index (χ3v) is 2.47. The minimum absolute atomic E-state index is 0.00798. The largest absolute Gasteiger partial charge is 0.355 e. The molecule has 0 aliphatic heterocycles. The number of nitrogens with zero attached hydrogens (tertiary/aromatic N) is 2. The molecule has 0 radical (unpaired) electrons. The van der Waals surface area contributed by atoms with Gasteiger partial charge >= 0.3 is 0 Å². The van der Waals surface area contributed by atoms with Gasteiger partial charge in [0, 0.05) is 38.0 Å². The minimum Gasteiger partial charge on any atom is -0.355 e. The molecule has 0 atom stereocenters. The molecule has 0 unspecified atom stereocenters. The van der Waals surface area contributed by atoms with Crippen LogP contribution in [0.1, 0.15) is 6.92 Å². The maximum absolute atomic E-state index is 10.8. The number of nitrogens with one attached hydrogen (secondary N) is 1. The summed E-state index contributed by atoms with van der Waals surface area (Å²) in [7, 11) is 0. The molecule has 0 saturated heterocycles. The van der Waals surface area contributed by atoms with Crippen molar-refractivity contribution in [2.24, 2.45) is 0 Å². The second-order valence-corrected chi connectivity index (χ2v) is 3.79. The van der Waals surface area contributed by atoms with Gasteiger partial charge < -0.3 is 9.88 Å². The van der Waals surface area contributed by atoms with Crippen LogP contribution >= 0.6 is 0 Å². The molecule has 4 nitrogen and oxygen atoms in total. The Bertz CT molecular complexity index is 490. The van der Waals surface area contributed by atoms with E-state index in [2.05, 4.69) is 10.3 Å². The van der Waals surface area contributed by atoms with Crippen molar-refractivity contribution in [2.45, 2.75) is 13.5 Å². The van der Waals surface area contributed by atoms with Crippen LogP contribution in [0.15, 0.2) is 42.7 Å². The number of benzene rings is 1. The molecular formula is C13H15N3O. The highest BCUT2D eigenvalue weighted by molar-refractivity contribution is 5.72. The van der Waals surface area contributed by atoms with Gasteiger partial charge in [0.2, 0.25) is 5.91 Å². The lowest BCUT2D eigenvalue weighted by Gasteiger charge is -2.08. The minimum atomic E-state index is -0.00798. The van der Waals surface area contributed by atoms with E-state index in [4.69, 9.17) is 0 Å². The quantitative estimate of drug-likeness (QED) is 0.867. The molecule has 1 aromatic heterocycles. The number of hydrogen-bond acceptors (Lipinski definition) is 2. The van der Waals surface area contributed by atoms with Crippen molar-refractivity contribution in [3.05, 3.63) is 42.7 Å². The van der Waals surface area contributed by atoms with Gasteiger partial charge in [-0.2, -0.15) is 0 Å². The summed E-state index contributed by atoms with van der Waals surface area (Å²) < 4.78 is 2.03. The number of carbonyl (C=O) groups is 1. The Kier molecular flexibility index (Phi) is 3.55. The summed E-state index contributed by atoms with van der Waals surface area (Å²) in [6, 6.07) is 10.0. The van der Waals surface area contributed by atoms with E-state index in [0.29, 0.717) is 6.54 Å². The van der Waals surface area contributed by atoms with Gasteiger partial charge in [-0.25, -0.2) is 4.98 Å². The molecular weight excluding hydrogens is 214 g/mol. The predicted octanol–water partition coefficient (Wildman–Crippen LogP) is 1.69. The van der Waals surface area contributed by atoms with Crippen LogP contribution in [0.4, 0.5) is 0 Å². The number of hydrogen-bond donors (Lipinski definition) is 1. The van der Waals surface area contributed by atoms with E-state index in [1.807, 2.05) is 41.1 Å². The molecule has 1 N–H and O–H groups in total. The molecule has 0 bridgehead atoms. The Labute approximate surface area is 100 Å². The van der Waals surface area contributed by atoms with Gasteiger partial charge in [-0.3, -0.25) is 4.79 Å². The normalized spacial score (nSPS) is 10.2. The van der Waals surface area contributed by atoms with Crippen LogP contribution in [0.3, 0.4) is 0 Å². The summed E-state index contributed by atoms with van der Waals surface area (Å²) in [5.41, 5.74) is 1.08. The van der Waals surface area contributed by atoms with E-state index in [-0.39, 0.29) is 5.91 Å². The van der Waals surface area contributed by atoms with E-state index in [9.17, 15) is 4.79 Å². The lowest BCUT2D eigenvalue weighted by molar-refractivity contribution is -0.118. The summed E-state index contributed by atoms with van der Waals surface area (Å²) in [5.74, 6) is 0.919. The second kappa shape index (κ2) is 5.30. The fourth-order valence-corrected chi connectivity index (χ4v) is 1.69. The molecule has 2 rings (SSSR count). The maximum Gasteiger partial charge on any atom is 0.216 e. The van der Waals surface area contributed by atoms with Crippen LogP contribution in [-0.4, -0.2) is 22.0 Å². The molecule has 0 fully saturated rings. The number of amides is 1. The fraction of sp³-hybridized carbons (Fsp3) is 0.231. The van der Waals surface area contributed by atoms with E-state index in [0.717, 1.165) is 17.9 Å². The molecule has 0 saturated carbocycles. The van der Waals surface area contributed by atoms with Crippen molar-refractivity contribution in [3.8, 4) is 11.4 Å². The van der Waals surface area contributed by atoms with Crippen molar-refractivity contribution in [3.63, 3.8) is 0 Å². The average Bonchev–Trinajstić information content (AvgIpc) is 2.78. The molecule has 88 valence electrons. The Morgan fingerprint density at radius 3 is 2.82 bits per heavy atom. The molecule has 0 aliphatic rings. The highest BCUT2D eigenvalue weighted by Gasteiger charge is 2.04. The highest BCUT2D eigenvalue weighted by Crippen LogP contribution is 2.16. The highest BCUT2D eigenvalue weighted by atomic mass is 16.1. The first-order valence-electron chi connectivity index (χ1n) is 5.58. The lowest BCUT2D eigenvalue weighted by atomic mass is 10.2. The Morgan fingerprint density at radius 2 is 2.12 bits per heavy atom. The average molecular weight is 229 g/mol. The van der Waals surface area contributed by atoms with Gasteiger partial charge in [0.25, 0.3) is 0 Å².